The van der Waals surface area contributed by atoms with Crippen LogP contribution in [0.5, 0.6) is 0 Å². The lowest BCUT2D eigenvalue weighted by Crippen LogP contribution is -2.21. The average molecular weight is 189 g/mol. The number of nitrogens with one attached hydrogen (secondary N) is 1. The minimum Gasteiger partial charge on any atom is -0.394 e. The molecule has 2 N–H and O–H groups in total. The van der Waals surface area contributed by atoms with Crippen molar-refractivity contribution in [2.24, 2.45) is 0 Å². The average Bonchev–Trinajstić information content (AvgIpc) is 2.26. The van der Waals surface area contributed by atoms with E-state index in [0.29, 0.717) is 11.4 Å². The van der Waals surface area contributed by atoms with Crippen molar-refractivity contribution < 1.29 is 5.11 Å². The van der Waals surface area contributed by atoms with E-state index >= 15 is 0 Å². The Morgan fingerprint density at radius 2 is 2.57 bits per heavy atom. The van der Waals surface area contributed by atoms with Crippen LogP contribution in [-0.4, -0.2) is 22.7 Å². The van der Waals surface area contributed by atoms with Crippen molar-refractivity contribution in [3.63, 3.8) is 0 Å². The van der Waals surface area contributed by atoms with Crippen molar-refractivity contribution in [2.75, 3.05) is 11.9 Å². The number of aliphatic hydroxyl groups excluding tert-OH is 1. The van der Waals surface area contributed by atoms with Gasteiger partial charge in [0.2, 0.25) is 0 Å². The molecule has 1 atom stereocenters. The molecule has 0 fully saturated rings. The van der Waals surface area contributed by atoms with Crippen LogP contribution < -0.4 is 5.32 Å². The Kier molecular flexibility index (Phi) is 3.65. The summed E-state index contributed by atoms with van der Waals surface area (Å²) in [5.41, 5.74) is 0.452. The van der Waals surface area contributed by atoms with Crippen LogP contribution >= 0.6 is 0 Å². The molecule has 0 saturated heterocycles. The molecule has 4 heteroatoms. The zero-order valence-electron chi connectivity index (χ0n) is 7.64. The van der Waals surface area contributed by atoms with E-state index in [1.54, 1.807) is 24.4 Å². The van der Waals surface area contributed by atoms with Gasteiger partial charge in [0, 0.05) is 6.20 Å². The molecule has 1 aromatic heterocycles. The number of anilines is 1. The van der Waals surface area contributed by atoms with Crippen LogP contribution in [0, 0.1) is 11.3 Å². The number of nitrogens with zero attached hydrogens (tertiary/aromatic N) is 2. The van der Waals surface area contributed by atoms with E-state index in [9.17, 15) is 0 Å². The highest BCUT2D eigenvalue weighted by Gasteiger charge is 2.06. The Labute approximate surface area is 82.5 Å². The van der Waals surface area contributed by atoms with Crippen LogP contribution in [0.15, 0.2) is 31.0 Å². The van der Waals surface area contributed by atoms with Crippen LogP contribution in [0.4, 0.5) is 5.82 Å². The molecule has 0 saturated carbocycles. The van der Waals surface area contributed by atoms with Gasteiger partial charge in [-0.25, -0.2) is 4.98 Å². The fourth-order valence-electron chi connectivity index (χ4n) is 0.965. The number of hydrogen-bond acceptors (Lipinski definition) is 4. The largest absolute Gasteiger partial charge is 0.394 e. The molecule has 0 aliphatic heterocycles. The van der Waals surface area contributed by atoms with Crippen LogP contribution in [-0.2, 0) is 0 Å². The third kappa shape index (κ3) is 2.31. The first-order valence-corrected chi connectivity index (χ1v) is 4.17. The van der Waals surface area contributed by atoms with E-state index in [1.165, 1.54) is 0 Å². The lowest BCUT2D eigenvalue weighted by atomic mass is 10.2. The van der Waals surface area contributed by atoms with Gasteiger partial charge in [-0.2, -0.15) is 5.26 Å². The van der Waals surface area contributed by atoms with Gasteiger partial charge >= 0.3 is 0 Å². The standard InChI is InChI=1S/C10H11N3O/c1-2-9(7-14)13-10-8(6-11)4-3-5-12-10/h2-5,9,14H,1,7H2,(H,12,13). The Bertz CT molecular complexity index is 357. The number of pyridine rings is 1. The first-order chi connectivity index (χ1) is 6.81. The Balaban J connectivity index is 2.85. The highest BCUT2D eigenvalue weighted by Crippen LogP contribution is 2.10. The zero-order chi connectivity index (χ0) is 10.4. The van der Waals surface area contributed by atoms with Gasteiger partial charge in [0.05, 0.1) is 18.2 Å². The van der Waals surface area contributed by atoms with Gasteiger partial charge in [-0.05, 0) is 12.1 Å². The lowest BCUT2D eigenvalue weighted by Gasteiger charge is -2.12. The molecule has 1 aromatic rings. The first kappa shape index (κ1) is 10.2. The minimum atomic E-state index is -0.281. The number of hydrogen-bond donors (Lipinski definition) is 2. The van der Waals surface area contributed by atoms with Crippen molar-refractivity contribution in [1.82, 2.24) is 4.98 Å². The molecular weight excluding hydrogens is 178 g/mol. The van der Waals surface area contributed by atoms with Crippen molar-refractivity contribution in [1.29, 1.82) is 5.26 Å². The maximum Gasteiger partial charge on any atom is 0.144 e. The van der Waals surface area contributed by atoms with Crippen molar-refractivity contribution >= 4 is 5.82 Å². The first-order valence-electron chi connectivity index (χ1n) is 4.17. The van der Waals surface area contributed by atoms with Gasteiger partial charge in [0.1, 0.15) is 11.9 Å². The molecular formula is C10H11N3O. The van der Waals surface area contributed by atoms with Gasteiger partial charge in [-0.15, -0.1) is 6.58 Å². The second-order valence-electron chi connectivity index (χ2n) is 2.68. The molecule has 0 amide bonds. The predicted octanol–water partition coefficient (Wildman–Crippen LogP) is 0.912. The molecule has 0 radical (unpaired) electrons. The number of nitriles is 1. The summed E-state index contributed by atoms with van der Waals surface area (Å²) < 4.78 is 0. The molecule has 1 rings (SSSR count). The van der Waals surface area contributed by atoms with E-state index in [4.69, 9.17) is 10.4 Å². The summed E-state index contributed by atoms with van der Waals surface area (Å²) in [6.45, 7) is 3.47. The van der Waals surface area contributed by atoms with E-state index < -0.39 is 0 Å². The van der Waals surface area contributed by atoms with Crippen molar-refractivity contribution in [3.05, 3.63) is 36.5 Å². The molecule has 0 spiro atoms. The summed E-state index contributed by atoms with van der Waals surface area (Å²) in [5, 5.41) is 20.6. The van der Waals surface area contributed by atoms with Crippen molar-refractivity contribution in [3.8, 4) is 6.07 Å². The molecule has 0 bridgehead atoms. The second-order valence-corrected chi connectivity index (χ2v) is 2.68. The molecule has 4 nitrogen and oxygen atoms in total. The molecule has 0 aliphatic rings. The molecule has 1 heterocycles. The van der Waals surface area contributed by atoms with Gasteiger partial charge in [0.15, 0.2) is 0 Å². The predicted molar refractivity (Wildman–Crippen MR) is 53.6 cm³/mol. The van der Waals surface area contributed by atoms with Crippen LogP contribution in [0.3, 0.4) is 0 Å². The normalized spacial score (nSPS) is 11.4. The van der Waals surface area contributed by atoms with E-state index in [0.717, 1.165) is 0 Å². The number of aliphatic hydroxyl groups is 1. The van der Waals surface area contributed by atoms with Gasteiger partial charge < -0.3 is 10.4 Å². The number of aromatic nitrogens is 1. The Hall–Kier alpha value is -1.86. The second kappa shape index (κ2) is 5.00. The summed E-state index contributed by atoms with van der Waals surface area (Å²) in [5.74, 6) is 0.467. The molecule has 0 aromatic carbocycles. The maximum absolute atomic E-state index is 8.91. The van der Waals surface area contributed by atoms with E-state index in [2.05, 4.69) is 16.9 Å². The van der Waals surface area contributed by atoms with E-state index in [1.807, 2.05) is 6.07 Å². The molecule has 1 unspecified atom stereocenters. The summed E-state index contributed by atoms with van der Waals surface area (Å²) in [6.07, 6.45) is 3.15. The summed E-state index contributed by atoms with van der Waals surface area (Å²) in [6, 6.07) is 5.07. The number of rotatable bonds is 4. The maximum atomic E-state index is 8.91. The smallest absolute Gasteiger partial charge is 0.144 e. The third-order valence-electron chi connectivity index (χ3n) is 1.73. The zero-order valence-corrected chi connectivity index (χ0v) is 7.64. The molecule has 14 heavy (non-hydrogen) atoms. The monoisotopic (exact) mass is 189 g/mol. The fourth-order valence-corrected chi connectivity index (χ4v) is 0.965. The summed E-state index contributed by atoms with van der Waals surface area (Å²) in [4.78, 5) is 3.99. The summed E-state index contributed by atoms with van der Waals surface area (Å²) >= 11 is 0. The topological polar surface area (TPSA) is 68.9 Å². The van der Waals surface area contributed by atoms with Gasteiger partial charge in [-0.3, -0.25) is 0 Å². The van der Waals surface area contributed by atoms with Gasteiger partial charge in [0.25, 0.3) is 0 Å². The van der Waals surface area contributed by atoms with Gasteiger partial charge in [-0.1, -0.05) is 6.08 Å². The van der Waals surface area contributed by atoms with E-state index in [-0.39, 0.29) is 12.6 Å². The van der Waals surface area contributed by atoms with Crippen molar-refractivity contribution in [2.45, 2.75) is 6.04 Å². The highest BCUT2D eigenvalue weighted by atomic mass is 16.3. The summed E-state index contributed by atoms with van der Waals surface area (Å²) in [7, 11) is 0. The highest BCUT2D eigenvalue weighted by molar-refractivity contribution is 5.52. The molecule has 72 valence electrons. The van der Waals surface area contributed by atoms with Crippen LogP contribution in [0.1, 0.15) is 5.56 Å². The fraction of sp³-hybridized carbons (Fsp3) is 0.200. The minimum absolute atomic E-state index is 0.0784. The molecule has 0 aliphatic carbocycles. The SMILES string of the molecule is C=CC(CO)Nc1ncccc1C#N. The third-order valence-corrected chi connectivity index (χ3v) is 1.73. The Morgan fingerprint density at radius 1 is 1.79 bits per heavy atom. The lowest BCUT2D eigenvalue weighted by molar-refractivity contribution is 0.290. The quantitative estimate of drug-likeness (QED) is 0.691. The van der Waals surface area contributed by atoms with Crippen LogP contribution in [0.2, 0.25) is 0 Å². The Morgan fingerprint density at radius 3 is 3.14 bits per heavy atom. The van der Waals surface area contributed by atoms with Crippen LogP contribution in [0.25, 0.3) is 0 Å².